The van der Waals surface area contributed by atoms with Crippen molar-refractivity contribution >= 4 is 17.7 Å². The molecule has 0 aliphatic carbocycles. The maximum Gasteiger partial charge on any atom is 0.304 e. The number of carbonyl (C=O) groups is 1. The predicted octanol–water partition coefficient (Wildman–Crippen LogP) is 3.17. The topological polar surface area (TPSA) is 40.5 Å². The lowest BCUT2D eigenvalue weighted by atomic mass is 10.1. The molecule has 0 spiro atoms. The average molecular weight is 293 g/mol. The van der Waals surface area contributed by atoms with E-state index in [-0.39, 0.29) is 6.42 Å². The van der Waals surface area contributed by atoms with Crippen LogP contribution >= 0.6 is 11.8 Å². The maximum absolute atomic E-state index is 10.6. The number of aliphatic carboxylic acids is 1. The molecule has 1 fully saturated rings. The van der Waals surface area contributed by atoms with Crippen molar-refractivity contribution in [1.82, 2.24) is 4.90 Å². The van der Waals surface area contributed by atoms with Crippen molar-refractivity contribution in [2.24, 2.45) is 0 Å². The Kier molecular flexibility index (Phi) is 5.92. The van der Waals surface area contributed by atoms with Crippen molar-refractivity contribution in [2.45, 2.75) is 37.2 Å². The molecule has 110 valence electrons. The Bertz CT molecular complexity index is 450. The van der Waals surface area contributed by atoms with Crippen LogP contribution in [0.25, 0.3) is 0 Å². The Morgan fingerprint density at radius 2 is 2.25 bits per heavy atom. The molecule has 3 nitrogen and oxygen atoms in total. The number of thioether (sulfide) groups is 1. The van der Waals surface area contributed by atoms with Gasteiger partial charge >= 0.3 is 5.97 Å². The molecule has 4 heteroatoms. The highest BCUT2D eigenvalue weighted by atomic mass is 32.2. The monoisotopic (exact) mass is 293 g/mol. The van der Waals surface area contributed by atoms with Gasteiger partial charge in [-0.3, -0.25) is 4.79 Å². The molecule has 1 heterocycles. The maximum atomic E-state index is 10.6. The number of likely N-dealkylation sites (tertiary alicyclic amines) is 1. The van der Waals surface area contributed by atoms with Crippen molar-refractivity contribution in [3.05, 3.63) is 35.4 Å². The quantitative estimate of drug-likeness (QED) is 0.874. The third kappa shape index (κ3) is 4.84. The lowest BCUT2D eigenvalue weighted by Crippen LogP contribution is -2.38. The number of rotatable bonds is 6. The molecular formula is C16H23NO2S. The number of aryl methyl sites for hydroxylation is 1. The molecule has 1 aliphatic rings. The fourth-order valence-corrected chi connectivity index (χ4v) is 3.97. The van der Waals surface area contributed by atoms with E-state index >= 15 is 0 Å². The van der Waals surface area contributed by atoms with Crippen LogP contribution < -0.4 is 0 Å². The summed E-state index contributed by atoms with van der Waals surface area (Å²) in [5, 5.41) is 9.40. The van der Waals surface area contributed by atoms with Crippen molar-refractivity contribution in [2.75, 3.05) is 19.6 Å². The summed E-state index contributed by atoms with van der Waals surface area (Å²) in [5.74, 6) is 0.365. The van der Waals surface area contributed by atoms with Gasteiger partial charge in [-0.05, 0) is 37.4 Å². The van der Waals surface area contributed by atoms with Crippen LogP contribution in [0.4, 0.5) is 0 Å². The predicted molar refractivity (Wildman–Crippen MR) is 84.2 cm³/mol. The van der Waals surface area contributed by atoms with Crippen LogP contribution in [0, 0.1) is 6.92 Å². The first-order valence-corrected chi connectivity index (χ1v) is 8.30. The molecule has 2 rings (SSSR count). The summed E-state index contributed by atoms with van der Waals surface area (Å²) in [6.45, 7) is 4.94. The number of piperidine rings is 1. The van der Waals surface area contributed by atoms with Crippen molar-refractivity contribution in [1.29, 1.82) is 0 Å². The van der Waals surface area contributed by atoms with Crippen LogP contribution in [0.1, 0.15) is 30.4 Å². The number of hydrogen-bond donors (Lipinski definition) is 1. The fourth-order valence-electron chi connectivity index (χ4n) is 2.59. The smallest absolute Gasteiger partial charge is 0.304 e. The molecule has 1 aliphatic heterocycles. The summed E-state index contributed by atoms with van der Waals surface area (Å²) < 4.78 is 0. The molecule has 0 radical (unpaired) electrons. The Morgan fingerprint density at radius 1 is 1.45 bits per heavy atom. The molecular weight excluding hydrogens is 270 g/mol. The molecule has 1 aromatic carbocycles. The van der Waals surface area contributed by atoms with Crippen LogP contribution in [0.3, 0.4) is 0 Å². The van der Waals surface area contributed by atoms with Crippen molar-refractivity contribution in [3.8, 4) is 0 Å². The van der Waals surface area contributed by atoms with E-state index in [4.69, 9.17) is 5.11 Å². The zero-order valence-corrected chi connectivity index (χ0v) is 12.9. The van der Waals surface area contributed by atoms with E-state index < -0.39 is 5.97 Å². The Morgan fingerprint density at radius 3 is 3.00 bits per heavy atom. The van der Waals surface area contributed by atoms with Crippen LogP contribution in [0.2, 0.25) is 0 Å². The van der Waals surface area contributed by atoms with Gasteiger partial charge in [-0.25, -0.2) is 0 Å². The van der Waals surface area contributed by atoms with E-state index in [0.717, 1.165) is 18.8 Å². The third-order valence-corrected chi connectivity index (χ3v) is 5.17. The Balaban J connectivity index is 1.78. The lowest BCUT2D eigenvalue weighted by Gasteiger charge is -2.32. The molecule has 1 unspecified atom stereocenters. The minimum atomic E-state index is -0.695. The summed E-state index contributed by atoms with van der Waals surface area (Å²) in [6, 6.07) is 8.55. The highest BCUT2D eigenvalue weighted by Gasteiger charge is 2.20. The minimum absolute atomic E-state index is 0.259. The summed E-state index contributed by atoms with van der Waals surface area (Å²) in [7, 11) is 0. The zero-order valence-electron chi connectivity index (χ0n) is 12.0. The minimum Gasteiger partial charge on any atom is -0.481 e. The van der Waals surface area contributed by atoms with Gasteiger partial charge < -0.3 is 10.0 Å². The molecule has 1 N–H and O–H groups in total. The van der Waals surface area contributed by atoms with Gasteiger partial charge in [0, 0.05) is 24.1 Å². The summed E-state index contributed by atoms with van der Waals surface area (Å²) in [5.41, 5.74) is 2.78. The lowest BCUT2D eigenvalue weighted by molar-refractivity contribution is -0.137. The summed E-state index contributed by atoms with van der Waals surface area (Å²) in [4.78, 5) is 12.9. The van der Waals surface area contributed by atoms with Gasteiger partial charge in [0.15, 0.2) is 0 Å². The largest absolute Gasteiger partial charge is 0.481 e. The van der Waals surface area contributed by atoms with Gasteiger partial charge in [0.2, 0.25) is 0 Å². The molecule has 1 saturated heterocycles. The highest BCUT2D eigenvalue weighted by molar-refractivity contribution is 7.99. The van der Waals surface area contributed by atoms with E-state index in [1.165, 1.54) is 24.0 Å². The molecule has 1 aromatic rings. The third-order valence-electron chi connectivity index (χ3n) is 3.84. The molecule has 0 saturated carbocycles. The first kappa shape index (κ1) is 15.4. The van der Waals surface area contributed by atoms with Crippen molar-refractivity contribution < 1.29 is 9.90 Å². The molecule has 20 heavy (non-hydrogen) atoms. The van der Waals surface area contributed by atoms with Crippen LogP contribution in [-0.4, -0.2) is 40.9 Å². The number of carboxylic acids is 1. The van der Waals surface area contributed by atoms with Gasteiger partial charge in [-0.1, -0.05) is 24.3 Å². The van der Waals surface area contributed by atoms with E-state index in [1.54, 1.807) is 0 Å². The number of carboxylic acid groups (broad SMARTS) is 1. The van der Waals surface area contributed by atoms with Gasteiger partial charge in [-0.15, -0.1) is 0 Å². The standard InChI is InChI=1S/C16H23NO2S/c1-13-5-2-3-6-14(13)12-20-15-7-4-9-17(11-15)10-8-16(18)19/h2-3,5-6,15H,4,7-12H2,1H3,(H,18,19). The first-order valence-electron chi connectivity index (χ1n) is 7.25. The second-order valence-electron chi connectivity index (χ2n) is 5.45. The van der Waals surface area contributed by atoms with Crippen LogP contribution in [0.15, 0.2) is 24.3 Å². The second-order valence-corrected chi connectivity index (χ2v) is 6.73. The number of benzene rings is 1. The first-order chi connectivity index (χ1) is 9.65. The van der Waals surface area contributed by atoms with Gasteiger partial charge in [-0.2, -0.15) is 11.8 Å². The molecule has 0 aromatic heterocycles. The van der Waals surface area contributed by atoms with E-state index in [1.807, 2.05) is 11.8 Å². The number of nitrogens with zero attached hydrogens (tertiary/aromatic N) is 1. The second kappa shape index (κ2) is 7.70. The van der Waals surface area contributed by atoms with Crippen molar-refractivity contribution in [3.63, 3.8) is 0 Å². The van der Waals surface area contributed by atoms with Gasteiger partial charge in [0.25, 0.3) is 0 Å². The molecule has 0 amide bonds. The van der Waals surface area contributed by atoms with E-state index in [9.17, 15) is 4.79 Å². The molecule has 0 bridgehead atoms. The van der Waals surface area contributed by atoms with Gasteiger partial charge in [0.05, 0.1) is 6.42 Å². The van der Waals surface area contributed by atoms with Gasteiger partial charge in [0.1, 0.15) is 0 Å². The van der Waals surface area contributed by atoms with E-state index in [0.29, 0.717) is 11.8 Å². The number of hydrogen-bond acceptors (Lipinski definition) is 3. The van der Waals surface area contributed by atoms with Crippen LogP contribution in [0.5, 0.6) is 0 Å². The van der Waals surface area contributed by atoms with Crippen LogP contribution in [-0.2, 0) is 10.5 Å². The highest BCUT2D eigenvalue weighted by Crippen LogP contribution is 2.26. The SMILES string of the molecule is Cc1ccccc1CSC1CCCN(CCC(=O)O)C1. The zero-order chi connectivity index (χ0) is 14.4. The van der Waals surface area contributed by atoms with E-state index in [2.05, 4.69) is 36.1 Å². The average Bonchev–Trinajstić information content (AvgIpc) is 2.45. The summed E-state index contributed by atoms with van der Waals surface area (Å²) in [6.07, 6.45) is 2.69. The normalized spacial score (nSPS) is 19.9. The molecule has 1 atom stereocenters. The Labute approximate surface area is 125 Å². The fraction of sp³-hybridized carbons (Fsp3) is 0.562. The Hall–Kier alpha value is -1.00. The summed E-state index contributed by atoms with van der Waals surface area (Å²) >= 11 is 2.01.